The maximum atomic E-state index is 13.0. The Morgan fingerprint density at radius 1 is 1.44 bits per heavy atom. The van der Waals surface area contributed by atoms with Crippen molar-refractivity contribution in [3.8, 4) is 0 Å². The Morgan fingerprint density at radius 3 is 3.00 bits per heavy atom. The summed E-state index contributed by atoms with van der Waals surface area (Å²) >= 11 is 5.47. The van der Waals surface area contributed by atoms with Crippen molar-refractivity contribution in [1.82, 2.24) is 5.32 Å². The largest absolute Gasteiger partial charge is 0.309 e. The molecule has 0 aromatic heterocycles. The maximum Gasteiger partial charge on any atom is 0.124 e. The van der Waals surface area contributed by atoms with E-state index in [9.17, 15) is 4.39 Å². The standard InChI is InChI=1S/C14H19BrFNS/c1-2-18-14-5-3-4-13(14)17-9-10-6-7-11(16)8-12(10)15/h6-8,13-14,17H,2-5,9H2,1H3. The predicted molar refractivity (Wildman–Crippen MR) is 80.5 cm³/mol. The van der Waals surface area contributed by atoms with Crippen LogP contribution in [0.2, 0.25) is 0 Å². The molecule has 1 aliphatic rings. The van der Waals surface area contributed by atoms with Crippen LogP contribution in [0.3, 0.4) is 0 Å². The second-order valence-electron chi connectivity index (χ2n) is 4.65. The summed E-state index contributed by atoms with van der Waals surface area (Å²) in [6, 6.07) is 5.51. The zero-order chi connectivity index (χ0) is 13.0. The molecule has 1 fully saturated rings. The minimum Gasteiger partial charge on any atom is -0.309 e. The summed E-state index contributed by atoms with van der Waals surface area (Å²) < 4.78 is 13.9. The van der Waals surface area contributed by atoms with Gasteiger partial charge in [0.05, 0.1) is 0 Å². The molecule has 0 radical (unpaired) electrons. The summed E-state index contributed by atoms with van der Waals surface area (Å²) in [5, 5.41) is 4.36. The molecule has 0 saturated heterocycles. The van der Waals surface area contributed by atoms with Crippen LogP contribution in [-0.2, 0) is 6.54 Å². The summed E-state index contributed by atoms with van der Waals surface area (Å²) in [7, 11) is 0. The highest BCUT2D eigenvalue weighted by Crippen LogP contribution is 2.30. The van der Waals surface area contributed by atoms with Gasteiger partial charge in [-0.1, -0.05) is 35.3 Å². The Balaban J connectivity index is 1.90. The van der Waals surface area contributed by atoms with Gasteiger partial charge in [-0.05, 0) is 36.3 Å². The third-order valence-electron chi connectivity index (χ3n) is 3.40. The van der Waals surface area contributed by atoms with Crippen LogP contribution in [0.5, 0.6) is 0 Å². The molecule has 0 amide bonds. The quantitative estimate of drug-likeness (QED) is 0.860. The zero-order valence-electron chi connectivity index (χ0n) is 10.6. The van der Waals surface area contributed by atoms with Gasteiger partial charge < -0.3 is 5.32 Å². The first-order chi connectivity index (χ1) is 8.70. The number of halogens is 2. The highest BCUT2D eigenvalue weighted by Gasteiger charge is 2.26. The van der Waals surface area contributed by atoms with E-state index in [4.69, 9.17) is 0 Å². The van der Waals surface area contributed by atoms with Gasteiger partial charge in [-0.3, -0.25) is 0 Å². The molecule has 0 bridgehead atoms. The third kappa shape index (κ3) is 3.72. The van der Waals surface area contributed by atoms with Crippen molar-refractivity contribution in [3.05, 3.63) is 34.1 Å². The summed E-state index contributed by atoms with van der Waals surface area (Å²) in [5.74, 6) is 0.995. The summed E-state index contributed by atoms with van der Waals surface area (Å²) in [6.07, 6.45) is 3.90. The van der Waals surface area contributed by atoms with Crippen LogP contribution in [0.4, 0.5) is 4.39 Å². The summed E-state index contributed by atoms with van der Waals surface area (Å²) in [5.41, 5.74) is 1.13. The lowest BCUT2D eigenvalue weighted by Gasteiger charge is -2.20. The molecule has 1 saturated carbocycles. The number of nitrogens with one attached hydrogen (secondary N) is 1. The number of hydrogen-bond donors (Lipinski definition) is 1. The van der Waals surface area contributed by atoms with Crippen molar-refractivity contribution < 1.29 is 4.39 Å². The van der Waals surface area contributed by atoms with Crippen LogP contribution in [-0.4, -0.2) is 17.0 Å². The Labute approximate surface area is 121 Å². The molecule has 18 heavy (non-hydrogen) atoms. The molecular weight excluding hydrogens is 313 g/mol. The van der Waals surface area contributed by atoms with E-state index in [1.165, 1.54) is 37.1 Å². The molecule has 2 unspecified atom stereocenters. The minimum atomic E-state index is -0.189. The topological polar surface area (TPSA) is 12.0 Å². The lowest BCUT2D eigenvalue weighted by atomic mass is 10.2. The molecular formula is C14H19BrFNS. The molecule has 2 rings (SSSR count). The van der Waals surface area contributed by atoms with Gasteiger partial charge in [-0.15, -0.1) is 0 Å². The Kier molecular flexibility index (Phi) is 5.52. The van der Waals surface area contributed by atoms with Gasteiger partial charge >= 0.3 is 0 Å². The fraction of sp³-hybridized carbons (Fsp3) is 0.571. The predicted octanol–water partition coefficient (Wildman–Crippen LogP) is 4.35. The van der Waals surface area contributed by atoms with E-state index in [2.05, 4.69) is 39.9 Å². The molecule has 1 aromatic rings. The smallest absolute Gasteiger partial charge is 0.124 e. The number of rotatable bonds is 5. The van der Waals surface area contributed by atoms with Crippen LogP contribution in [0.1, 0.15) is 31.7 Å². The second kappa shape index (κ2) is 6.92. The SMILES string of the molecule is CCSC1CCCC1NCc1ccc(F)cc1Br. The average molecular weight is 332 g/mol. The Morgan fingerprint density at radius 2 is 2.28 bits per heavy atom. The van der Waals surface area contributed by atoms with Gasteiger partial charge in [0, 0.05) is 22.3 Å². The number of thioether (sulfide) groups is 1. The Hall–Kier alpha value is -0.0600. The van der Waals surface area contributed by atoms with Crippen molar-refractivity contribution >= 4 is 27.7 Å². The third-order valence-corrected chi connectivity index (χ3v) is 5.47. The molecule has 2 atom stereocenters. The second-order valence-corrected chi connectivity index (χ2v) is 7.02. The molecule has 4 heteroatoms. The normalized spacial score (nSPS) is 23.5. The van der Waals surface area contributed by atoms with Crippen LogP contribution in [0.25, 0.3) is 0 Å². The molecule has 1 N–H and O–H groups in total. The van der Waals surface area contributed by atoms with Gasteiger partial charge in [-0.25, -0.2) is 4.39 Å². The van der Waals surface area contributed by atoms with Gasteiger partial charge in [0.2, 0.25) is 0 Å². The highest BCUT2D eigenvalue weighted by molar-refractivity contribution is 9.10. The van der Waals surface area contributed by atoms with Crippen molar-refractivity contribution in [2.45, 2.75) is 44.0 Å². The van der Waals surface area contributed by atoms with E-state index in [1.807, 2.05) is 6.07 Å². The van der Waals surface area contributed by atoms with E-state index in [0.717, 1.165) is 21.8 Å². The molecule has 0 heterocycles. The first-order valence-electron chi connectivity index (χ1n) is 6.49. The molecule has 100 valence electrons. The molecule has 1 nitrogen and oxygen atoms in total. The van der Waals surface area contributed by atoms with Gasteiger partial charge in [0.25, 0.3) is 0 Å². The number of benzene rings is 1. The van der Waals surface area contributed by atoms with Crippen LogP contribution in [0, 0.1) is 5.82 Å². The molecule has 1 aliphatic carbocycles. The van der Waals surface area contributed by atoms with E-state index < -0.39 is 0 Å². The summed E-state index contributed by atoms with van der Waals surface area (Å²) in [6.45, 7) is 3.03. The lowest BCUT2D eigenvalue weighted by Crippen LogP contribution is -2.33. The van der Waals surface area contributed by atoms with Crippen molar-refractivity contribution in [1.29, 1.82) is 0 Å². The maximum absolute atomic E-state index is 13.0. The van der Waals surface area contributed by atoms with E-state index in [-0.39, 0.29) is 5.82 Å². The minimum absolute atomic E-state index is 0.189. The lowest BCUT2D eigenvalue weighted by molar-refractivity contribution is 0.530. The zero-order valence-corrected chi connectivity index (χ0v) is 13.0. The fourth-order valence-corrected chi connectivity index (χ4v) is 4.20. The van der Waals surface area contributed by atoms with Gasteiger partial charge in [0.1, 0.15) is 5.82 Å². The van der Waals surface area contributed by atoms with Crippen molar-refractivity contribution in [3.63, 3.8) is 0 Å². The summed E-state index contributed by atoms with van der Waals surface area (Å²) in [4.78, 5) is 0. The molecule has 1 aromatic carbocycles. The first kappa shape index (κ1) is 14.4. The van der Waals surface area contributed by atoms with Gasteiger partial charge in [0.15, 0.2) is 0 Å². The fourth-order valence-electron chi connectivity index (χ4n) is 2.48. The average Bonchev–Trinajstić information content (AvgIpc) is 2.76. The van der Waals surface area contributed by atoms with Crippen LogP contribution >= 0.6 is 27.7 Å². The van der Waals surface area contributed by atoms with E-state index in [0.29, 0.717) is 6.04 Å². The molecule has 0 spiro atoms. The number of hydrogen-bond acceptors (Lipinski definition) is 2. The van der Waals surface area contributed by atoms with Crippen LogP contribution < -0.4 is 5.32 Å². The first-order valence-corrected chi connectivity index (χ1v) is 8.33. The Bertz CT molecular complexity index is 399. The van der Waals surface area contributed by atoms with E-state index in [1.54, 1.807) is 0 Å². The van der Waals surface area contributed by atoms with Crippen LogP contribution in [0.15, 0.2) is 22.7 Å². The van der Waals surface area contributed by atoms with Gasteiger partial charge in [-0.2, -0.15) is 11.8 Å². The monoisotopic (exact) mass is 331 g/mol. The van der Waals surface area contributed by atoms with Crippen molar-refractivity contribution in [2.75, 3.05) is 5.75 Å². The molecule has 0 aliphatic heterocycles. The highest BCUT2D eigenvalue weighted by atomic mass is 79.9. The van der Waals surface area contributed by atoms with E-state index >= 15 is 0 Å². The van der Waals surface area contributed by atoms with Crippen molar-refractivity contribution in [2.24, 2.45) is 0 Å².